The van der Waals surface area contributed by atoms with Crippen molar-refractivity contribution in [3.63, 3.8) is 0 Å². The first kappa shape index (κ1) is 19.6. The lowest BCUT2D eigenvalue weighted by Gasteiger charge is -2.09. The van der Waals surface area contributed by atoms with Crippen LogP contribution >= 0.6 is 0 Å². The summed E-state index contributed by atoms with van der Waals surface area (Å²) in [5.41, 5.74) is -0.375. The molecule has 1 aromatic carbocycles. The van der Waals surface area contributed by atoms with E-state index in [4.69, 9.17) is 0 Å². The fourth-order valence-electron chi connectivity index (χ4n) is 2.17. The largest absolute Gasteiger partial charge is 0.434 e. The number of sulfone groups is 1. The number of halogens is 3. The molecule has 0 amide bonds. The van der Waals surface area contributed by atoms with Crippen molar-refractivity contribution in [1.82, 2.24) is 9.55 Å². The Morgan fingerprint density at radius 2 is 1.88 bits per heavy atom. The number of imidazole rings is 1. The number of allylic oxidation sites excluding steroid dienone is 2. The molecule has 9 heteroatoms. The van der Waals surface area contributed by atoms with Crippen molar-refractivity contribution in [3.8, 4) is 5.69 Å². The van der Waals surface area contributed by atoms with Crippen LogP contribution in [-0.4, -0.2) is 30.4 Å². The fourth-order valence-corrected chi connectivity index (χ4v) is 2.80. The summed E-state index contributed by atoms with van der Waals surface area (Å²) in [6.07, 6.45) is 1.45. The SMILES string of the molecule is C=CN=C/C(=C\C)c1nc(C(F)(F)F)cn1-c1ccc(S(C)(=O)=O)cc1. The molecule has 0 radical (unpaired) electrons. The molecule has 0 spiro atoms. The van der Waals surface area contributed by atoms with E-state index in [-0.39, 0.29) is 10.7 Å². The van der Waals surface area contributed by atoms with Gasteiger partial charge in [0.1, 0.15) is 5.82 Å². The van der Waals surface area contributed by atoms with Gasteiger partial charge in [-0.2, -0.15) is 13.2 Å². The third-order valence-electron chi connectivity index (χ3n) is 3.43. The maximum atomic E-state index is 13.1. The van der Waals surface area contributed by atoms with Crippen molar-refractivity contribution in [2.45, 2.75) is 18.0 Å². The van der Waals surface area contributed by atoms with Crippen LogP contribution in [0.5, 0.6) is 0 Å². The van der Waals surface area contributed by atoms with Crippen LogP contribution in [0.1, 0.15) is 18.4 Å². The summed E-state index contributed by atoms with van der Waals surface area (Å²) >= 11 is 0. The molecule has 5 nitrogen and oxygen atoms in total. The van der Waals surface area contributed by atoms with Crippen molar-refractivity contribution >= 4 is 21.6 Å². The van der Waals surface area contributed by atoms with E-state index in [1.54, 1.807) is 13.0 Å². The number of aromatic nitrogens is 2. The van der Waals surface area contributed by atoms with Gasteiger partial charge >= 0.3 is 6.18 Å². The second kappa shape index (κ2) is 7.28. The van der Waals surface area contributed by atoms with E-state index in [1.807, 2.05) is 0 Å². The van der Waals surface area contributed by atoms with Gasteiger partial charge in [-0.05, 0) is 31.2 Å². The molecule has 2 rings (SSSR count). The van der Waals surface area contributed by atoms with E-state index >= 15 is 0 Å². The average Bonchev–Trinajstić information content (AvgIpc) is 3.00. The molecule has 2 aromatic rings. The molecule has 0 saturated carbocycles. The van der Waals surface area contributed by atoms with Crippen LogP contribution in [0.2, 0.25) is 0 Å². The van der Waals surface area contributed by atoms with Crippen LogP contribution in [0.3, 0.4) is 0 Å². The zero-order valence-corrected chi connectivity index (χ0v) is 14.8. The van der Waals surface area contributed by atoms with Crippen LogP contribution < -0.4 is 0 Å². The monoisotopic (exact) mass is 383 g/mol. The Bertz CT molecular complexity index is 970. The van der Waals surface area contributed by atoms with Gasteiger partial charge in [-0.25, -0.2) is 13.4 Å². The Kier molecular flexibility index (Phi) is 5.50. The minimum atomic E-state index is -4.62. The molecule has 138 valence electrons. The van der Waals surface area contributed by atoms with Crippen molar-refractivity contribution in [1.29, 1.82) is 0 Å². The van der Waals surface area contributed by atoms with Crippen molar-refractivity contribution in [3.05, 3.63) is 60.8 Å². The Morgan fingerprint density at radius 1 is 1.27 bits per heavy atom. The fraction of sp³-hybridized carbons (Fsp3) is 0.176. The Hall–Kier alpha value is -2.68. The molecule has 0 bridgehead atoms. The molecule has 1 aromatic heterocycles. The van der Waals surface area contributed by atoms with E-state index < -0.39 is 21.7 Å². The number of hydrogen-bond acceptors (Lipinski definition) is 4. The molecule has 0 fully saturated rings. The van der Waals surface area contributed by atoms with Crippen LogP contribution in [0.25, 0.3) is 11.3 Å². The lowest BCUT2D eigenvalue weighted by molar-refractivity contribution is -0.140. The maximum absolute atomic E-state index is 13.1. The first-order chi connectivity index (χ1) is 12.1. The van der Waals surface area contributed by atoms with Gasteiger partial charge in [-0.1, -0.05) is 12.7 Å². The zero-order valence-electron chi connectivity index (χ0n) is 14.0. The molecule has 0 atom stereocenters. The molecule has 26 heavy (non-hydrogen) atoms. The second-order valence-corrected chi connectivity index (χ2v) is 7.30. The molecule has 0 saturated heterocycles. The first-order valence-electron chi connectivity index (χ1n) is 7.35. The van der Waals surface area contributed by atoms with E-state index in [2.05, 4.69) is 16.6 Å². The normalized spacial score (nSPS) is 13.3. The minimum Gasteiger partial charge on any atom is -0.299 e. The Labute approximate surface area is 149 Å². The van der Waals surface area contributed by atoms with Gasteiger partial charge in [0.05, 0.1) is 4.90 Å². The van der Waals surface area contributed by atoms with E-state index in [9.17, 15) is 21.6 Å². The van der Waals surface area contributed by atoms with Crippen LogP contribution in [0.4, 0.5) is 13.2 Å². The number of aliphatic imine (C=N–C) groups is 1. The topological polar surface area (TPSA) is 64.3 Å². The Morgan fingerprint density at radius 3 is 2.35 bits per heavy atom. The van der Waals surface area contributed by atoms with E-state index in [1.165, 1.54) is 41.2 Å². The van der Waals surface area contributed by atoms with Gasteiger partial charge in [0, 0.05) is 36.1 Å². The molecule has 0 N–H and O–H groups in total. The highest BCUT2D eigenvalue weighted by Crippen LogP contribution is 2.31. The third-order valence-corrected chi connectivity index (χ3v) is 4.56. The number of hydrogen-bond donors (Lipinski definition) is 0. The first-order valence-corrected chi connectivity index (χ1v) is 9.25. The minimum absolute atomic E-state index is 0.0255. The zero-order chi connectivity index (χ0) is 19.5. The van der Waals surface area contributed by atoms with Gasteiger partial charge in [0.2, 0.25) is 0 Å². The lowest BCUT2D eigenvalue weighted by atomic mass is 10.2. The van der Waals surface area contributed by atoms with Crippen molar-refractivity contribution < 1.29 is 21.6 Å². The van der Waals surface area contributed by atoms with Gasteiger partial charge in [0.25, 0.3) is 0 Å². The van der Waals surface area contributed by atoms with Crippen LogP contribution in [0, 0.1) is 0 Å². The van der Waals surface area contributed by atoms with Crippen molar-refractivity contribution in [2.75, 3.05) is 6.26 Å². The Balaban J connectivity index is 2.65. The molecule has 0 unspecified atom stereocenters. The summed E-state index contributed by atoms with van der Waals surface area (Å²) in [6.45, 7) is 5.07. The highest BCUT2D eigenvalue weighted by Gasteiger charge is 2.35. The summed E-state index contributed by atoms with van der Waals surface area (Å²) in [5.74, 6) is 0.0255. The van der Waals surface area contributed by atoms with Crippen molar-refractivity contribution in [2.24, 2.45) is 4.99 Å². The van der Waals surface area contributed by atoms with Gasteiger partial charge < -0.3 is 0 Å². The summed E-state index contributed by atoms with van der Waals surface area (Å²) in [4.78, 5) is 7.58. The molecule has 0 aliphatic rings. The number of alkyl halides is 3. The van der Waals surface area contributed by atoms with Gasteiger partial charge in [0.15, 0.2) is 15.5 Å². The van der Waals surface area contributed by atoms with Gasteiger partial charge in [-0.15, -0.1) is 0 Å². The molecule has 1 heterocycles. The van der Waals surface area contributed by atoms with E-state index in [0.717, 1.165) is 12.5 Å². The lowest BCUT2D eigenvalue weighted by Crippen LogP contribution is -2.05. The molecule has 0 aliphatic heterocycles. The predicted molar refractivity (Wildman–Crippen MR) is 94.0 cm³/mol. The maximum Gasteiger partial charge on any atom is 0.434 e. The third kappa shape index (κ3) is 4.29. The van der Waals surface area contributed by atoms with Crippen LogP contribution in [-0.2, 0) is 16.0 Å². The predicted octanol–water partition coefficient (Wildman–Crippen LogP) is 3.91. The molecular weight excluding hydrogens is 367 g/mol. The quantitative estimate of drug-likeness (QED) is 0.736. The smallest absolute Gasteiger partial charge is 0.299 e. The van der Waals surface area contributed by atoms with Gasteiger partial charge in [-0.3, -0.25) is 9.56 Å². The van der Waals surface area contributed by atoms with Crippen LogP contribution in [0.15, 0.2) is 59.2 Å². The highest BCUT2D eigenvalue weighted by atomic mass is 32.2. The number of nitrogens with zero attached hydrogens (tertiary/aromatic N) is 3. The molecular formula is C17H16F3N3O2S. The second-order valence-electron chi connectivity index (χ2n) is 5.29. The summed E-state index contributed by atoms with van der Waals surface area (Å²) in [6, 6.07) is 5.49. The standard InChI is InChI=1S/C17H16F3N3O2S/c1-4-12(10-21-5-2)16-22-15(17(18,19)20)11-23(16)13-6-8-14(9-7-13)26(3,24)25/h4-11H,2H2,1,3H3/b12-4+,21-10?. The highest BCUT2D eigenvalue weighted by molar-refractivity contribution is 7.90. The summed E-state index contributed by atoms with van der Waals surface area (Å²) < 4.78 is 63.7. The van der Waals surface area contributed by atoms with E-state index in [0.29, 0.717) is 11.3 Å². The summed E-state index contributed by atoms with van der Waals surface area (Å²) in [5, 5.41) is 0. The number of rotatable bonds is 5. The molecule has 0 aliphatic carbocycles. The number of benzene rings is 1. The summed E-state index contributed by atoms with van der Waals surface area (Å²) in [7, 11) is -3.41. The average molecular weight is 383 g/mol.